The smallest absolute Gasteiger partial charge is 0.326 e. The van der Waals surface area contributed by atoms with Crippen LogP contribution >= 0.6 is 0 Å². The van der Waals surface area contributed by atoms with Gasteiger partial charge in [0.05, 0.1) is 19.4 Å². The fourth-order valence-corrected chi connectivity index (χ4v) is 3.18. The van der Waals surface area contributed by atoms with Gasteiger partial charge < -0.3 is 47.1 Å². The Bertz CT molecular complexity index is 1090. The quantitative estimate of drug-likeness (QED) is 0.123. The number of phenolic OH excluding ortho intramolecular Hbond substituents is 1. The van der Waals surface area contributed by atoms with E-state index in [1.807, 2.05) is 0 Å². The van der Waals surface area contributed by atoms with Crippen molar-refractivity contribution in [3.63, 3.8) is 0 Å². The molecule has 3 amide bonds. The number of amides is 3. The number of nitrogens with zero attached hydrogens (tertiary/aromatic N) is 1. The number of aliphatic carboxylic acids is 2. The Balaban J connectivity index is 2.18. The molecule has 200 valence electrons. The first kappa shape index (κ1) is 28.7. The van der Waals surface area contributed by atoms with E-state index in [2.05, 4.69) is 25.9 Å². The average Bonchev–Trinajstić information content (AvgIpc) is 3.36. The third-order valence-corrected chi connectivity index (χ3v) is 5.15. The minimum Gasteiger partial charge on any atom is -0.508 e. The maximum Gasteiger partial charge on any atom is 0.326 e. The molecule has 1 heterocycles. The summed E-state index contributed by atoms with van der Waals surface area (Å²) in [5.74, 6) is -5.83. The molecule has 15 heteroatoms. The topological polar surface area (TPSA) is 257 Å². The SMILES string of the molecule is NC(CO)C(=O)NC(Cc1cnc[nH]1)C(=O)NC(CC(=O)O)C(=O)NC(Cc1ccc(O)cc1)C(=O)O. The van der Waals surface area contributed by atoms with Crippen LogP contribution in [0.15, 0.2) is 36.8 Å². The highest BCUT2D eigenvalue weighted by molar-refractivity contribution is 5.95. The number of carboxylic acids is 2. The number of nitrogens with two attached hydrogens (primary N) is 1. The van der Waals surface area contributed by atoms with Gasteiger partial charge in [0.25, 0.3) is 0 Å². The van der Waals surface area contributed by atoms with Crippen molar-refractivity contribution in [2.75, 3.05) is 6.61 Å². The number of H-pyrrole nitrogens is 1. The Morgan fingerprint density at radius 1 is 0.892 bits per heavy atom. The summed E-state index contributed by atoms with van der Waals surface area (Å²) in [7, 11) is 0. The lowest BCUT2D eigenvalue weighted by molar-refractivity contribution is -0.143. The average molecular weight is 520 g/mol. The molecule has 4 unspecified atom stereocenters. The van der Waals surface area contributed by atoms with Crippen LogP contribution in [-0.2, 0) is 36.8 Å². The fraction of sp³-hybridized carbons (Fsp3) is 0.364. The number of aliphatic hydroxyl groups excluding tert-OH is 1. The van der Waals surface area contributed by atoms with Gasteiger partial charge in [0.15, 0.2) is 0 Å². The molecule has 0 fully saturated rings. The van der Waals surface area contributed by atoms with Crippen molar-refractivity contribution >= 4 is 29.7 Å². The van der Waals surface area contributed by atoms with E-state index in [4.69, 9.17) is 10.8 Å². The Morgan fingerprint density at radius 2 is 1.49 bits per heavy atom. The van der Waals surface area contributed by atoms with Crippen LogP contribution in [0.3, 0.4) is 0 Å². The Hall–Kier alpha value is -4.50. The lowest BCUT2D eigenvalue weighted by Gasteiger charge is -2.24. The second-order valence-corrected chi connectivity index (χ2v) is 8.06. The number of hydrogen-bond donors (Lipinski definition) is 9. The van der Waals surface area contributed by atoms with Gasteiger partial charge in [-0.1, -0.05) is 12.1 Å². The minimum absolute atomic E-state index is 0.0411. The highest BCUT2D eigenvalue weighted by Crippen LogP contribution is 2.12. The molecular formula is C22H28N6O9. The maximum absolute atomic E-state index is 13.0. The molecule has 0 aliphatic rings. The zero-order valence-corrected chi connectivity index (χ0v) is 19.5. The number of aromatic nitrogens is 2. The molecule has 0 bridgehead atoms. The molecule has 4 atom stereocenters. The number of phenols is 1. The molecule has 10 N–H and O–H groups in total. The lowest BCUT2D eigenvalue weighted by atomic mass is 10.0. The summed E-state index contributed by atoms with van der Waals surface area (Å²) in [6.45, 7) is -0.702. The molecule has 0 aliphatic heterocycles. The predicted molar refractivity (Wildman–Crippen MR) is 125 cm³/mol. The Labute approximate surface area is 210 Å². The number of carbonyl (C=O) groups excluding carboxylic acids is 3. The van der Waals surface area contributed by atoms with Gasteiger partial charge in [0.1, 0.15) is 29.9 Å². The van der Waals surface area contributed by atoms with Crippen LogP contribution < -0.4 is 21.7 Å². The summed E-state index contributed by atoms with van der Waals surface area (Å²) >= 11 is 0. The number of imidazole rings is 1. The van der Waals surface area contributed by atoms with E-state index in [0.717, 1.165) is 0 Å². The van der Waals surface area contributed by atoms with E-state index in [-0.39, 0.29) is 18.6 Å². The van der Waals surface area contributed by atoms with Crippen molar-refractivity contribution in [2.24, 2.45) is 5.73 Å². The third-order valence-electron chi connectivity index (χ3n) is 5.15. The monoisotopic (exact) mass is 520 g/mol. The standard InChI is InChI=1S/C22H28N6O9/c23-14(9-29)19(33)26-15(6-12-8-24-10-25-12)20(34)27-16(7-18(31)32)21(35)28-17(22(36)37)5-11-1-3-13(30)4-2-11/h1-4,8,10,14-17,29-30H,5-7,9,23H2,(H,24,25)(H,26,33)(H,27,34)(H,28,35)(H,31,32)(H,36,37). The first-order valence-corrected chi connectivity index (χ1v) is 11.0. The lowest BCUT2D eigenvalue weighted by Crippen LogP contribution is -2.58. The van der Waals surface area contributed by atoms with Crippen LogP contribution in [0.2, 0.25) is 0 Å². The summed E-state index contributed by atoms with van der Waals surface area (Å²) in [4.78, 5) is 67.6. The minimum atomic E-state index is -1.70. The zero-order valence-electron chi connectivity index (χ0n) is 19.5. The second-order valence-electron chi connectivity index (χ2n) is 8.06. The summed E-state index contributed by atoms with van der Waals surface area (Å²) in [6, 6.07) is -0.289. The Morgan fingerprint density at radius 3 is 2.03 bits per heavy atom. The number of benzene rings is 1. The number of carbonyl (C=O) groups is 5. The molecule has 0 saturated carbocycles. The van der Waals surface area contributed by atoms with Gasteiger partial charge in [0, 0.05) is 24.7 Å². The van der Waals surface area contributed by atoms with Crippen LogP contribution in [0.1, 0.15) is 17.7 Å². The van der Waals surface area contributed by atoms with Gasteiger partial charge in [-0.05, 0) is 17.7 Å². The van der Waals surface area contributed by atoms with Gasteiger partial charge in [-0.15, -0.1) is 0 Å². The van der Waals surface area contributed by atoms with Gasteiger partial charge in [-0.3, -0.25) is 19.2 Å². The van der Waals surface area contributed by atoms with Gasteiger partial charge >= 0.3 is 11.9 Å². The van der Waals surface area contributed by atoms with Crippen molar-refractivity contribution in [3.8, 4) is 5.75 Å². The largest absolute Gasteiger partial charge is 0.508 e. The molecule has 0 saturated heterocycles. The van der Waals surface area contributed by atoms with Crippen molar-refractivity contribution in [3.05, 3.63) is 48.0 Å². The summed E-state index contributed by atoms with van der Waals surface area (Å²) < 4.78 is 0. The fourth-order valence-electron chi connectivity index (χ4n) is 3.18. The first-order valence-electron chi connectivity index (χ1n) is 11.0. The second kappa shape index (κ2) is 13.6. The van der Waals surface area contributed by atoms with Crippen LogP contribution in [0.25, 0.3) is 0 Å². The van der Waals surface area contributed by atoms with Crippen molar-refractivity contribution in [1.29, 1.82) is 0 Å². The van der Waals surface area contributed by atoms with Crippen LogP contribution in [0.5, 0.6) is 5.75 Å². The number of carboxylic acid groups (broad SMARTS) is 2. The van der Waals surface area contributed by atoms with Crippen molar-refractivity contribution in [1.82, 2.24) is 25.9 Å². The summed E-state index contributed by atoms with van der Waals surface area (Å²) in [5, 5.41) is 44.0. The third kappa shape index (κ3) is 9.23. The van der Waals surface area contributed by atoms with Gasteiger partial charge in [-0.2, -0.15) is 0 Å². The summed E-state index contributed by atoms with van der Waals surface area (Å²) in [6.07, 6.45) is 1.49. The molecule has 0 aliphatic carbocycles. The first-order chi connectivity index (χ1) is 17.5. The van der Waals surface area contributed by atoms with E-state index in [1.165, 1.54) is 36.8 Å². The van der Waals surface area contributed by atoms with Gasteiger partial charge in [-0.25, -0.2) is 9.78 Å². The number of rotatable bonds is 14. The van der Waals surface area contributed by atoms with Crippen LogP contribution in [-0.4, -0.2) is 90.8 Å². The van der Waals surface area contributed by atoms with E-state index < -0.39 is 66.9 Å². The highest BCUT2D eigenvalue weighted by atomic mass is 16.4. The van der Waals surface area contributed by atoms with E-state index in [0.29, 0.717) is 11.3 Å². The summed E-state index contributed by atoms with van der Waals surface area (Å²) in [5.41, 5.74) is 6.36. The maximum atomic E-state index is 13.0. The Kier molecular flexibility index (Phi) is 10.5. The molecule has 0 spiro atoms. The number of aromatic amines is 1. The van der Waals surface area contributed by atoms with E-state index in [9.17, 15) is 39.3 Å². The zero-order chi connectivity index (χ0) is 27.5. The van der Waals surface area contributed by atoms with E-state index >= 15 is 0 Å². The predicted octanol–water partition coefficient (Wildman–Crippen LogP) is -2.77. The molecule has 1 aromatic heterocycles. The van der Waals surface area contributed by atoms with Crippen molar-refractivity contribution < 1.29 is 44.4 Å². The highest BCUT2D eigenvalue weighted by Gasteiger charge is 2.32. The van der Waals surface area contributed by atoms with Crippen LogP contribution in [0, 0.1) is 0 Å². The molecule has 37 heavy (non-hydrogen) atoms. The van der Waals surface area contributed by atoms with E-state index in [1.54, 1.807) is 0 Å². The van der Waals surface area contributed by atoms with Gasteiger partial charge in [0.2, 0.25) is 17.7 Å². The molecule has 15 nitrogen and oxygen atoms in total. The molecular weight excluding hydrogens is 492 g/mol. The number of aromatic hydroxyl groups is 1. The number of nitrogens with one attached hydrogen (secondary N) is 4. The number of hydrogen-bond acceptors (Lipinski definition) is 9. The normalized spacial score (nSPS) is 14.0. The molecule has 1 aromatic carbocycles. The number of aliphatic hydroxyl groups is 1. The van der Waals surface area contributed by atoms with Crippen LogP contribution in [0.4, 0.5) is 0 Å². The molecule has 2 rings (SSSR count). The molecule has 0 radical (unpaired) electrons. The van der Waals surface area contributed by atoms with Crippen molar-refractivity contribution in [2.45, 2.75) is 43.4 Å². The molecule has 2 aromatic rings.